The van der Waals surface area contributed by atoms with E-state index in [0.717, 1.165) is 0 Å². The number of unbranched alkanes of at least 4 members (excludes halogenated alkanes) is 2. The maximum Gasteiger partial charge on any atom is 0.391 e. The Labute approximate surface area is 109 Å². The second-order valence-electron chi connectivity index (χ2n) is 4.32. The van der Waals surface area contributed by atoms with Crippen molar-refractivity contribution in [2.45, 2.75) is 51.2 Å². The number of carboxylic acids is 1. The molecule has 0 saturated heterocycles. The highest BCUT2D eigenvalue weighted by Crippen LogP contribution is 2.21. The third kappa shape index (κ3) is 12.8. The second kappa shape index (κ2) is 8.60. The summed E-state index contributed by atoms with van der Waals surface area (Å²) in [6.07, 6.45) is -3.54. The van der Waals surface area contributed by atoms with E-state index in [-0.39, 0.29) is 6.42 Å². The van der Waals surface area contributed by atoms with Gasteiger partial charge < -0.3 is 15.7 Å². The summed E-state index contributed by atoms with van der Waals surface area (Å²) in [5, 5.41) is 13.0. The Kier molecular flexibility index (Phi) is 7.94. The third-order valence-electron chi connectivity index (χ3n) is 2.27. The van der Waals surface area contributed by atoms with Crippen molar-refractivity contribution >= 4 is 12.0 Å². The molecular formula is C11H19F3N2O3. The third-order valence-corrected chi connectivity index (χ3v) is 2.27. The number of amides is 2. The highest BCUT2D eigenvalue weighted by Gasteiger charge is 2.30. The zero-order valence-electron chi connectivity index (χ0n) is 10.7. The van der Waals surface area contributed by atoms with Gasteiger partial charge in [-0.25, -0.2) is 4.79 Å². The minimum absolute atomic E-state index is 0.0782. The smallest absolute Gasteiger partial charge is 0.391 e. The van der Waals surface area contributed by atoms with E-state index in [2.05, 4.69) is 10.6 Å². The lowest BCUT2D eigenvalue weighted by atomic mass is 10.2. The highest BCUT2D eigenvalue weighted by molar-refractivity contribution is 5.74. The molecule has 0 spiro atoms. The number of urea groups is 1. The molecule has 0 aliphatic rings. The van der Waals surface area contributed by atoms with Gasteiger partial charge in [-0.15, -0.1) is 0 Å². The van der Waals surface area contributed by atoms with Crippen molar-refractivity contribution in [1.29, 1.82) is 0 Å². The maximum absolute atomic E-state index is 12.0. The summed E-state index contributed by atoms with van der Waals surface area (Å²) in [5.74, 6) is -0.869. The van der Waals surface area contributed by atoms with E-state index in [9.17, 15) is 22.8 Å². The van der Waals surface area contributed by atoms with Crippen LogP contribution in [0.3, 0.4) is 0 Å². The van der Waals surface area contributed by atoms with Gasteiger partial charge in [-0.05, 0) is 19.8 Å². The number of hydrogen-bond acceptors (Lipinski definition) is 2. The van der Waals surface area contributed by atoms with Crippen molar-refractivity contribution in [1.82, 2.24) is 10.6 Å². The largest absolute Gasteiger partial charge is 0.481 e. The number of carbonyl (C=O) groups is 2. The first-order valence-electron chi connectivity index (χ1n) is 6.03. The molecule has 1 atom stereocenters. The Morgan fingerprint density at radius 1 is 1.21 bits per heavy atom. The average molecular weight is 284 g/mol. The first-order chi connectivity index (χ1) is 8.70. The highest BCUT2D eigenvalue weighted by atomic mass is 19.4. The Morgan fingerprint density at radius 3 is 2.37 bits per heavy atom. The van der Waals surface area contributed by atoms with E-state index in [1.54, 1.807) is 0 Å². The minimum atomic E-state index is -4.30. The van der Waals surface area contributed by atoms with Crippen LogP contribution in [0.25, 0.3) is 0 Å². The molecule has 19 heavy (non-hydrogen) atoms. The van der Waals surface area contributed by atoms with Crippen LogP contribution in [-0.4, -0.2) is 35.9 Å². The minimum Gasteiger partial charge on any atom is -0.481 e. The molecule has 1 unspecified atom stereocenters. The van der Waals surface area contributed by atoms with Crippen LogP contribution in [0.5, 0.6) is 0 Å². The molecule has 2 amide bonds. The molecule has 0 aromatic rings. The fraction of sp³-hybridized carbons (Fsp3) is 0.818. The van der Waals surface area contributed by atoms with Crippen molar-refractivity contribution in [2.75, 3.05) is 6.54 Å². The molecule has 0 aromatic heterocycles. The van der Waals surface area contributed by atoms with Crippen molar-refractivity contribution in [3.63, 3.8) is 0 Å². The van der Waals surface area contributed by atoms with Crippen LogP contribution >= 0.6 is 0 Å². The lowest BCUT2D eigenvalue weighted by Gasteiger charge is -2.16. The van der Waals surface area contributed by atoms with Gasteiger partial charge in [0.15, 0.2) is 0 Å². The average Bonchev–Trinajstić information content (AvgIpc) is 2.19. The van der Waals surface area contributed by atoms with E-state index >= 15 is 0 Å². The SMILES string of the molecule is CC(CC(F)(F)F)NC(=O)NCCCCCC(=O)O. The van der Waals surface area contributed by atoms with E-state index in [1.807, 2.05) is 0 Å². The number of aliphatic carboxylic acids is 1. The molecule has 0 aliphatic carbocycles. The Bertz CT molecular complexity index is 295. The fourth-order valence-electron chi connectivity index (χ4n) is 1.45. The normalized spacial score (nSPS) is 12.8. The first kappa shape index (κ1) is 17.5. The number of carboxylic acid groups (broad SMARTS) is 1. The van der Waals surface area contributed by atoms with Crippen LogP contribution in [0.15, 0.2) is 0 Å². The molecule has 8 heteroatoms. The predicted octanol–water partition coefficient (Wildman–Crippen LogP) is 2.27. The van der Waals surface area contributed by atoms with Crippen LogP contribution in [0.1, 0.15) is 39.0 Å². The van der Waals surface area contributed by atoms with E-state index in [4.69, 9.17) is 5.11 Å². The summed E-state index contributed by atoms with van der Waals surface area (Å²) in [4.78, 5) is 21.4. The van der Waals surface area contributed by atoms with Crippen LogP contribution in [0.4, 0.5) is 18.0 Å². The lowest BCUT2D eigenvalue weighted by Crippen LogP contribution is -2.42. The van der Waals surface area contributed by atoms with Crippen molar-refractivity contribution in [2.24, 2.45) is 0 Å². The number of rotatable bonds is 8. The van der Waals surface area contributed by atoms with Gasteiger partial charge in [0.2, 0.25) is 0 Å². The molecule has 3 N–H and O–H groups in total. The number of carbonyl (C=O) groups excluding carboxylic acids is 1. The van der Waals surface area contributed by atoms with E-state index in [0.29, 0.717) is 25.8 Å². The molecule has 0 rings (SSSR count). The van der Waals surface area contributed by atoms with Crippen LogP contribution < -0.4 is 10.6 Å². The summed E-state index contributed by atoms with van der Waals surface area (Å²) in [6.45, 7) is 1.59. The lowest BCUT2D eigenvalue weighted by molar-refractivity contribution is -0.138. The predicted molar refractivity (Wildman–Crippen MR) is 62.8 cm³/mol. The van der Waals surface area contributed by atoms with Gasteiger partial charge in [-0.1, -0.05) is 6.42 Å². The summed E-state index contributed by atoms with van der Waals surface area (Å²) in [7, 11) is 0. The number of hydrogen-bond donors (Lipinski definition) is 3. The van der Waals surface area contributed by atoms with Crippen molar-refractivity contribution in [3.8, 4) is 0 Å². The summed E-state index contributed by atoms with van der Waals surface area (Å²) in [6, 6.07) is -1.62. The van der Waals surface area contributed by atoms with Crippen LogP contribution in [0, 0.1) is 0 Å². The van der Waals surface area contributed by atoms with Crippen LogP contribution in [-0.2, 0) is 4.79 Å². The quantitative estimate of drug-likeness (QED) is 0.598. The zero-order valence-corrected chi connectivity index (χ0v) is 10.7. The van der Waals surface area contributed by atoms with E-state index < -0.39 is 30.6 Å². The Balaban J connectivity index is 3.57. The van der Waals surface area contributed by atoms with Gasteiger partial charge in [0, 0.05) is 19.0 Å². The summed E-state index contributed by atoms with van der Waals surface area (Å²) >= 11 is 0. The molecule has 0 heterocycles. The standard InChI is InChI=1S/C11H19F3N2O3/c1-8(7-11(12,13)14)16-10(19)15-6-4-2-3-5-9(17)18/h8H,2-7H2,1H3,(H,17,18)(H2,15,16,19). The Hall–Kier alpha value is -1.47. The van der Waals surface area contributed by atoms with Gasteiger partial charge in [0.25, 0.3) is 0 Å². The second-order valence-corrected chi connectivity index (χ2v) is 4.32. The Morgan fingerprint density at radius 2 is 1.84 bits per heavy atom. The molecule has 112 valence electrons. The molecule has 5 nitrogen and oxygen atoms in total. The topological polar surface area (TPSA) is 78.4 Å². The molecule has 0 fully saturated rings. The van der Waals surface area contributed by atoms with Gasteiger partial charge >= 0.3 is 18.2 Å². The van der Waals surface area contributed by atoms with Gasteiger partial charge in [0.05, 0.1) is 6.42 Å². The molecule has 0 saturated carbocycles. The molecule has 0 radical (unpaired) electrons. The molecular weight excluding hydrogens is 265 g/mol. The van der Waals surface area contributed by atoms with Gasteiger partial charge in [0.1, 0.15) is 0 Å². The van der Waals surface area contributed by atoms with Crippen LogP contribution in [0.2, 0.25) is 0 Å². The van der Waals surface area contributed by atoms with Gasteiger partial charge in [-0.3, -0.25) is 4.79 Å². The van der Waals surface area contributed by atoms with Gasteiger partial charge in [-0.2, -0.15) is 13.2 Å². The van der Waals surface area contributed by atoms with Crippen molar-refractivity contribution < 1.29 is 27.9 Å². The molecule has 0 bridgehead atoms. The number of alkyl halides is 3. The molecule has 0 aliphatic heterocycles. The zero-order chi connectivity index (χ0) is 14.9. The summed E-state index contributed by atoms with van der Waals surface area (Å²) < 4.78 is 36.0. The number of nitrogens with one attached hydrogen (secondary N) is 2. The maximum atomic E-state index is 12.0. The van der Waals surface area contributed by atoms with E-state index in [1.165, 1.54) is 6.92 Å². The number of halogens is 3. The monoisotopic (exact) mass is 284 g/mol. The fourth-order valence-corrected chi connectivity index (χ4v) is 1.45. The first-order valence-corrected chi connectivity index (χ1v) is 6.03. The molecule has 0 aromatic carbocycles. The summed E-state index contributed by atoms with van der Waals surface area (Å²) in [5.41, 5.74) is 0. The van der Waals surface area contributed by atoms with Crippen molar-refractivity contribution in [3.05, 3.63) is 0 Å².